The Labute approximate surface area is 221 Å². The van der Waals surface area contributed by atoms with E-state index in [0.29, 0.717) is 23.3 Å². The predicted octanol–water partition coefficient (Wildman–Crippen LogP) is 6.69. The van der Waals surface area contributed by atoms with Crippen LogP contribution in [0.25, 0.3) is 0 Å². The van der Waals surface area contributed by atoms with Crippen LogP contribution in [0, 0.1) is 17.8 Å². The standard InChI is InChI=1S/C30H48O4Si2/c1-30(2,3)36(6,7)33-21-26-25-19-28(35(4,5)24-13-9-8-10-14-24)23(20-31)17-22(25)18-27(26)34-29-15-11-12-16-32-29/h8-10,13-14,17,20,22,25-29H,11-12,15-16,18-19,21H2,1-7H3/t22-,25-,26+,27-,28?,29?/m1/s1. The summed E-state index contributed by atoms with van der Waals surface area (Å²) in [5.41, 5.74) is 1.34. The van der Waals surface area contributed by atoms with E-state index in [9.17, 15) is 4.79 Å². The zero-order valence-electron chi connectivity index (χ0n) is 23.6. The number of benzene rings is 1. The molecule has 1 aromatic carbocycles. The minimum absolute atomic E-state index is 0.0975. The van der Waals surface area contributed by atoms with Crippen LogP contribution < -0.4 is 5.19 Å². The second-order valence-electron chi connectivity index (χ2n) is 13.4. The monoisotopic (exact) mass is 528 g/mol. The molecular formula is C30H48O4Si2. The Kier molecular flexibility index (Phi) is 8.52. The van der Waals surface area contributed by atoms with E-state index in [1.165, 1.54) is 11.6 Å². The number of allylic oxidation sites excluding steroid dienone is 2. The highest BCUT2D eigenvalue weighted by molar-refractivity contribution is 6.91. The van der Waals surface area contributed by atoms with Crippen LogP contribution in [0.1, 0.15) is 52.9 Å². The van der Waals surface area contributed by atoms with Gasteiger partial charge in [0.2, 0.25) is 0 Å². The topological polar surface area (TPSA) is 44.8 Å². The van der Waals surface area contributed by atoms with Gasteiger partial charge in [-0.05, 0) is 73.2 Å². The Morgan fingerprint density at radius 1 is 1.06 bits per heavy atom. The van der Waals surface area contributed by atoms with Gasteiger partial charge in [0.15, 0.2) is 14.6 Å². The maximum Gasteiger partial charge on any atom is 0.191 e. The first-order chi connectivity index (χ1) is 16.9. The van der Waals surface area contributed by atoms with Crippen molar-refractivity contribution in [2.75, 3.05) is 13.2 Å². The molecular weight excluding hydrogens is 480 g/mol. The molecule has 1 aromatic rings. The van der Waals surface area contributed by atoms with Gasteiger partial charge < -0.3 is 13.9 Å². The van der Waals surface area contributed by atoms with Crippen LogP contribution in [0.3, 0.4) is 0 Å². The Balaban J connectivity index is 1.61. The minimum Gasteiger partial charge on any atom is -0.416 e. The molecule has 2 unspecified atom stereocenters. The van der Waals surface area contributed by atoms with Crippen LogP contribution >= 0.6 is 0 Å². The lowest BCUT2D eigenvalue weighted by Crippen LogP contribution is -2.49. The molecule has 1 saturated heterocycles. The van der Waals surface area contributed by atoms with Crippen molar-refractivity contribution in [1.29, 1.82) is 0 Å². The van der Waals surface area contributed by atoms with Crippen LogP contribution in [0.2, 0.25) is 36.8 Å². The molecule has 0 aromatic heterocycles. The lowest BCUT2D eigenvalue weighted by atomic mass is 9.79. The van der Waals surface area contributed by atoms with Gasteiger partial charge in [0.25, 0.3) is 0 Å². The third kappa shape index (κ3) is 5.83. The molecule has 1 heterocycles. The van der Waals surface area contributed by atoms with Gasteiger partial charge in [-0.1, -0.05) is 75.5 Å². The van der Waals surface area contributed by atoms with Crippen LogP contribution in [0.4, 0.5) is 0 Å². The van der Waals surface area contributed by atoms with Gasteiger partial charge in [-0.25, -0.2) is 0 Å². The molecule has 6 heteroatoms. The van der Waals surface area contributed by atoms with Crippen LogP contribution in [0.5, 0.6) is 0 Å². The van der Waals surface area contributed by atoms with Gasteiger partial charge in [0.1, 0.15) is 6.29 Å². The highest BCUT2D eigenvalue weighted by Crippen LogP contribution is 2.52. The van der Waals surface area contributed by atoms with E-state index >= 15 is 0 Å². The third-order valence-corrected chi connectivity index (χ3v) is 18.5. The summed E-state index contributed by atoms with van der Waals surface area (Å²) in [6, 6.07) is 10.9. The maximum absolute atomic E-state index is 12.4. The summed E-state index contributed by atoms with van der Waals surface area (Å²) in [5, 5.41) is 1.60. The van der Waals surface area contributed by atoms with E-state index in [-0.39, 0.29) is 17.4 Å². The fourth-order valence-corrected chi connectivity index (χ4v) is 10.7. The normalized spacial score (nSPS) is 31.6. The fraction of sp³-hybridized carbons (Fsp3) is 0.700. The summed E-state index contributed by atoms with van der Waals surface area (Å²) in [6.45, 7) is 18.0. The number of hydrogen-bond donors (Lipinski definition) is 0. The van der Waals surface area contributed by atoms with Crippen molar-refractivity contribution in [2.45, 2.75) is 102 Å². The molecule has 4 nitrogen and oxygen atoms in total. The van der Waals surface area contributed by atoms with Crippen molar-refractivity contribution in [1.82, 2.24) is 0 Å². The first kappa shape index (κ1) is 28.0. The Morgan fingerprint density at radius 3 is 2.39 bits per heavy atom. The van der Waals surface area contributed by atoms with Crippen molar-refractivity contribution in [3.05, 3.63) is 42.0 Å². The van der Waals surface area contributed by atoms with Gasteiger partial charge in [0, 0.05) is 19.1 Å². The van der Waals surface area contributed by atoms with Gasteiger partial charge in [0.05, 0.1) is 14.2 Å². The Morgan fingerprint density at radius 2 is 1.78 bits per heavy atom. The molecule has 3 aliphatic rings. The van der Waals surface area contributed by atoms with E-state index in [2.05, 4.69) is 83.4 Å². The molecule has 4 rings (SSSR count). The number of ether oxygens (including phenoxy) is 2. The molecule has 200 valence electrons. The lowest BCUT2D eigenvalue weighted by molar-refractivity contribution is -0.197. The number of carbonyl (C=O) groups excluding carboxylic acids is 1. The molecule has 0 N–H and O–H groups in total. The zero-order chi connectivity index (χ0) is 26.1. The van der Waals surface area contributed by atoms with Crippen LogP contribution in [-0.4, -0.2) is 48.3 Å². The fourth-order valence-electron chi connectivity index (χ4n) is 6.35. The Hall–Kier alpha value is -1.06. The molecule has 0 bridgehead atoms. The van der Waals surface area contributed by atoms with E-state index in [1.54, 1.807) is 0 Å². The largest absolute Gasteiger partial charge is 0.416 e. The first-order valence-electron chi connectivity index (χ1n) is 14.1. The van der Waals surface area contributed by atoms with Gasteiger partial charge >= 0.3 is 0 Å². The molecule has 6 atom stereocenters. The van der Waals surface area contributed by atoms with Crippen molar-refractivity contribution in [2.24, 2.45) is 17.8 Å². The molecule has 0 spiro atoms. The first-order valence-corrected chi connectivity index (χ1v) is 20.1. The maximum atomic E-state index is 12.4. The molecule has 36 heavy (non-hydrogen) atoms. The average Bonchev–Trinajstić information content (AvgIpc) is 3.18. The van der Waals surface area contributed by atoms with E-state index < -0.39 is 16.4 Å². The summed E-state index contributed by atoms with van der Waals surface area (Å²) < 4.78 is 19.5. The third-order valence-electron chi connectivity index (χ3n) is 9.83. The molecule has 2 aliphatic carbocycles. The minimum atomic E-state index is -1.90. The van der Waals surface area contributed by atoms with Gasteiger partial charge in [-0.2, -0.15) is 0 Å². The number of rotatable bonds is 8. The summed E-state index contributed by atoms with van der Waals surface area (Å²) in [4.78, 5) is 12.4. The molecule has 1 saturated carbocycles. The number of hydrogen-bond acceptors (Lipinski definition) is 4. The summed E-state index contributed by atoms with van der Waals surface area (Å²) in [7, 11) is -3.79. The van der Waals surface area contributed by atoms with Crippen molar-refractivity contribution < 1.29 is 18.7 Å². The number of carbonyl (C=O) groups is 1. The van der Waals surface area contributed by atoms with E-state index in [4.69, 9.17) is 13.9 Å². The smallest absolute Gasteiger partial charge is 0.191 e. The van der Waals surface area contributed by atoms with E-state index in [0.717, 1.165) is 50.8 Å². The predicted molar refractivity (Wildman–Crippen MR) is 153 cm³/mol. The average molecular weight is 529 g/mol. The highest BCUT2D eigenvalue weighted by atomic mass is 28.4. The van der Waals surface area contributed by atoms with Crippen molar-refractivity contribution in [3.63, 3.8) is 0 Å². The van der Waals surface area contributed by atoms with Crippen LogP contribution in [-0.2, 0) is 18.7 Å². The van der Waals surface area contributed by atoms with E-state index in [1.807, 2.05) is 0 Å². The van der Waals surface area contributed by atoms with Gasteiger partial charge in [-0.15, -0.1) is 0 Å². The molecule has 2 fully saturated rings. The van der Waals surface area contributed by atoms with Crippen LogP contribution in [0.15, 0.2) is 42.0 Å². The Bertz CT molecular complexity index is 915. The summed E-state index contributed by atoms with van der Waals surface area (Å²) >= 11 is 0. The quantitative estimate of drug-likeness (QED) is 0.279. The van der Waals surface area contributed by atoms with Gasteiger partial charge in [-0.3, -0.25) is 4.79 Å². The van der Waals surface area contributed by atoms with Crippen molar-refractivity contribution >= 4 is 27.9 Å². The molecule has 0 amide bonds. The van der Waals surface area contributed by atoms with Crippen molar-refractivity contribution in [3.8, 4) is 0 Å². The SMILES string of the molecule is CC(C)(C)[Si](C)(C)OC[C@H]1[C@@H]2CC([Si](C)(C)c3ccccc3)C(C=O)=C[C@@H]2C[C@H]1OC1CCCCO1. The molecule has 1 aliphatic heterocycles. The second kappa shape index (κ2) is 11.0. The molecule has 0 radical (unpaired) electrons. The lowest BCUT2D eigenvalue weighted by Gasteiger charge is -2.42. The summed E-state index contributed by atoms with van der Waals surface area (Å²) in [5.74, 6) is 1.19. The summed E-state index contributed by atoms with van der Waals surface area (Å²) in [6.07, 6.45) is 8.80. The zero-order valence-corrected chi connectivity index (χ0v) is 25.6. The highest BCUT2D eigenvalue weighted by Gasteiger charge is 2.51. The number of fused-ring (bicyclic) bond motifs is 1. The number of aldehydes is 1. The second-order valence-corrected chi connectivity index (χ2v) is 23.0.